The molecule has 20 heavy (non-hydrogen) atoms. The van der Waals surface area contributed by atoms with Crippen LogP contribution < -0.4 is 11.3 Å². The third-order valence-electron chi connectivity index (χ3n) is 3.71. The molecule has 0 saturated heterocycles. The van der Waals surface area contributed by atoms with E-state index in [4.69, 9.17) is 17.4 Å². The molecule has 1 fully saturated rings. The van der Waals surface area contributed by atoms with E-state index in [1.165, 1.54) is 4.90 Å². The Bertz CT molecular complexity index is 497. The molecule has 0 radical (unpaired) electrons. The highest BCUT2D eigenvalue weighted by Gasteiger charge is 2.31. The summed E-state index contributed by atoms with van der Waals surface area (Å²) < 4.78 is 0. The van der Waals surface area contributed by atoms with Crippen molar-refractivity contribution in [3.63, 3.8) is 0 Å². The zero-order valence-corrected chi connectivity index (χ0v) is 12.1. The summed E-state index contributed by atoms with van der Waals surface area (Å²) in [7, 11) is 1.67. The number of hydrogen-bond donors (Lipinski definition) is 3. The first kappa shape index (κ1) is 15.0. The first-order valence-electron chi connectivity index (χ1n) is 6.63. The van der Waals surface area contributed by atoms with Gasteiger partial charge in [-0.25, -0.2) is 10.8 Å². The van der Waals surface area contributed by atoms with Crippen LogP contribution in [-0.2, 0) is 0 Å². The Kier molecular flexibility index (Phi) is 4.80. The maximum Gasteiger partial charge on any atom is 0.274 e. The third-order valence-corrected chi connectivity index (χ3v) is 4.01. The number of pyridine rings is 1. The van der Waals surface area contributed by atoms with Crippen molar-refractivity contribution in [2.75, 3.05) is 12.5 Å². The molecule has 0 spiro atoms. The second kappa shape index (κ2) is 6.39. The lowest BCUT2D eigenvalue weighted by Crippen LogP contribution is -2.46. The lowest BCUT2D eigenvalue weighted by Gasteiger charge is -2.35. The lowest BCUT2D eigenvalue weighted by molar-refractivity contribution is 0.0264. The van der Waals surface area contributed by atoms with Crippen LogP contribution in [0, 0.1) is 0 Å². The van der Waals surface area contributed by atoms with Gasteiger partial charge >= 0.3 is 0 Å². The number of nitrogen functional groups attached to an aromatic ring is 1. The molecule has 2 unspecified atom stereocenters. The summed E-state index contributed by atoms with van der Waals surface area (Å²) in [6.07, 6.45) is 3.01. The molecule has 110 valence electrons. The fourth-order valence-electron chi connectivity index (χ4n) is 2.53. The summed E-state index contributed by atoms with van der Waals surface area (Å²) >= 11 is 6.03. The van der Waals surface area contributed by atoms with Crippen LogP contribution >= 0.6 is 11.6 Å². The van der Waals surface area contributed by atoms with Crippen LogP contribution in [0.2, 0.25) is 5.02 Å². The average Bonchev–Trinajstić information content (AvgIpc) is 2.47. The Morgan fingerprint density at radius 3 is 2.85 bits per heavy atom. The lowest BCUT2D eigenvalue weighted by atomic mass is 9.91. The first-order chi connectivity index (χ1) is 9.54. The fraction of sp³-hybridized carbons (Fsp3) is 0.538. The minimum Gasteiger partial charge on any atom is -0.391 e. The van der Waals surface area contributed by atoms with Crippen molar-refractivity contribution in [2.24, 2.45) is 5.84 Å². The quantitative estimate of drug-likeness (QED) is 0.579. The summed E-state index contributed by atoms with van der Waals surface area (Å²) in [6.45, 7) is 0. The van der Waals surface area contributed by atoms with Gasteiger partial charge in [-0.15, -0.1) is 0 Å². The number of nitrogens with zero attached hydrogens (tertiary/aromatic N) is 2. The Morgan fingerprint density at radius 1 is 1.50 bits per heavy atom. The topological polar surface area (TPSA) is 91.5 Å². The van der Waals surface area contributed by atoms with E-state index in [0.717, 1.165) is 19.3 Å². The molecule has 6 nitrogen and oxygen atoms in total. The molecule has 4 N–H and O–H groups in total. The number of rotatable bonds is 3. The van der Waals surface area contributed by atoms with Gasteiger partial charge in [-0.3, -0.25) is 4.79 Å². The molecule has 0 aromatic carbocycles. The van der Waals surface area contributed by atoms with Crippen LogP contribution in [0.1, 0.15) is 36.2 Å². The van der Waals surface area contributed by atoms with Crippen molar-refractivity contribution in [1.29, 1.82) is 0 Å². The van der Waals surface area contributed by atoms with Crippen molar-refractivity contribution >= 4 is 23.3 Å². The number of halogens is 1. The second-order valence-electron chi connectivity index (χ2n) is 5.01. The first-order valence-corrected chi connectivity index (χ1v) is 7.00. The molecular weight excluding hydrogens is 280 g/mol. The average molecular weight is 299 g/mol. The van der Waals surface area contributed by atoms with Gasteiger partial charge < -0.3 is 15.4 Å². The van der Waals surface area contributed by atoms with Crippen molar-refractivity contribution in [2.45, 2.75) is 37.8 Å². The normalized spacial score (nSPS) is 22.4. The van der Waals surface area contributed by atoms with Gasteiger partial charge in [0.1, 0.15) is 11.5 Å². The number of nitrogens with one attached hydrogen (secondary N) is 1. The van der Waals surface area contributed by atoms with Gasteiger partial charge in [-0.05, 0) is 25.0 Å². The van der Waals surface area contributed by atoms with Crippen LogP contribution in [0.5, 0.6) is 0 Å². The molecule has 0 bridgehead atoms. The fourth-order valence-corrected chi connectivity index (χ4v) is 2.72. The number of hydrogen-bond acceptors (Lipinski definition) is 5. The molecule has 1 aromatic rings. The number of anilines is 1. The van der Waals surface area contributed by atoms with E-state index in [9.17, 15) is 9.90 Å². The standard InChI is InChI=1S/C13H19ClN4O2/c1-18(9-4-2-3-5-10(9)19)13(20)12-8(14)6-7-11(16-12)17-15/h6-7,9-10,19H,2-5,15H2,1H3,(H,16,17). The highest BCUT2D eigenvalue weighted by Crippen LogP contribution is 2.25. The maximum atomic E-state index is 12.5. The SMILES string of the molecule is CN(C(=O)c1nc(NN)ccc1Cl)C1CCCCC1O. The summed E-state index contributed by atoms with van der Waals surface area (Å²) in [6, 6.07) is 2.97. The van der Waals surface area contributed by atoms with Crippen molar-refractivity contribution in [3.05, 3.63) is 22.8 Å². The van der Waals surface area contributed by atoms with Crippen LogP contribution in [0.3, 0.4) is 0 Å². The number of aromatic nitrogens is 1. The van der Waals surface area contributed by atoms with Crippen LogP contribution in [0.25, 0.3) is 0 Å². The largest absolute Gasteiger partial charge is 0.391 e. The number of carbonyl (C=O) groups excluding carboxylic acids is 1. The number of aliphatic hydroxyl groups excluding tert-OH is 1. The van der Waals surface area contributed by atoms with Gasteiger partial charge in [0.15, 0.2) is 0 Å². The van der Waals surface area contributed by atoms with Crippen LogP contribution in [0.15, 0.2) is 12.1 Å². The number of hydrazine groups is 1. The van der Waals surface area contributed by atoms with Crippen molar-refractivity contribution in [3.8, 4) is 0 Å². The smallest absolute Gasteiger partial charge is 0.274 e. The predicted molar refractivity (Wildman–Crippen MR) is 77.4 cm³/mol. The minimum atomic E-state index is -0.493. The Balaban J connectivity index is 2.21. The number of nitrogens with two attached hydrogens (primary N) is 1. The maximum absolute atomic E-state index is 12.5. The molecule has 1 saturated carbocycles. The Morgan fingerprint density at radius 2 is 2.20 bits per heavy atom. The van der Waals surface area contributed by atoms with Gasteiger partial charge in [0.25, 0.3) is 5.91 Å². The van der Waals surface area contributed by atoms with E-state index in [1.54, 1.807) is 19.2 Å². The monoisotopic (exact) mass is 298 g/mol. The highest BCUT2D eigenvalue weighted by molar-refractivity contribution is 6.33. The number of likely N-dealkylation sites (N-methyl/N-ethyl adjacent to an activating group) is 1. The third kappa shape index (κ3) is 3.03. The van der Waals surface area contributed by atoms with Gasteiger partial charge in [0, 0.05) is 7.05 Å². The Labute approximate surface area is 122 Å². The second-order valence-corrected chi connectivity index (χ2v) is 5.41. The summed E-state index contributed by atoms with van der Waals surface area (Å²) in [5, 5.41) is 10.3. The number of carbonyl (C=O) groups is 1. The van der Waals surface area contributed by atoms with Crippen molar-refractivity contribution in [1.82, 2.24) is 9.88 Å². The van der Waals surface area contributed by atoms with E-state index >= 15 is 0 Å². The van der Waals surface area contributed by atoms with Crippen LogP contribution in [-0.4, -0.2) is 40.1 Å². The molecule has 1 heterocycles. The van der Waals surface area contributed by atoms with Gasteiger partial charge in [0.05, 0.1) is 17.2 Å². The van der Waals surface area contributed by atoms with Crippen LogP contribution in [0.4, 0.5) is 5.82 Å². The van der Waals surface area contributed by atoms with E-state index in [2.05, 4.69) is 10.4 Å². The zero-order valence-electron chi connectivity index (χ0n) is 11.3. The molecule has 1 aliphatic rings. The summed E-state index contributed by atoms with van der Waals surface area (Å²) in [4.78, 5) is 18.1. The number of amides is 1. The molecular formula is C13H19ClN4O2. The van der Waals surface area contributed by atoms with E-state index in [0.29, 0.717) is 12.2 Å². The highest BCUT2D eigenvalue weighted by atomic mass is 35.5. The predicted octanol–water partition coefficient (Wildman–Crippen LogP) is 1.40. The van der Waals surface area contributed by atoms with Crippen molar-refractivity contribution < 1.29 is 9.90 Å². The molecule has 1 amide bonds. The summed E-state index contributed by atoms with van der Waals surface area (Å²) in [5.74, 6) is 5.35. The van der Waals surface area contributed by atoms with E-state index < -0.39 is 6.10 Å². The van der Waals surface area contributed by atoms with Gasteiger partial charge in [-0.2, -0.15) is 0 Å². The summed E-state index contributed by atoms with van der Waals surface area (Å²) in [5.41, 5.74) is 2.53. The van der Waals surface area contributed by atoms with E-state index in [-0.39, 0.29) is 22.7 Å². The van der Waals surface area contributed by atoms with E-state index in [1.807, 2.05) is 0 Å². The molecule has 7 heteroatoms. The zero-order chi connectivity index (χ0) is 14.7. The molecule has 2 rings (SSSR count). The minimum absolute atomic E-state index is 0.141. The Hall–Kier alpha value is -1.37. The molecule has 0 aliphatic heterocycles. The van der Waals surface area contributed by atoms with Gasteiger partial charge in [-0.1, -0.05) is 24.4 Å². The van der Waals surface area contributed by atoms with Gasteiger partial charge in [0.2, 0.25) is 0 Å². The number of aliphatic hydroxyl groups is 1. The molecule has 2 atom stereocenters. The molecule has 1 aliphatic carbocycles. The molecule has 1 aromatic heterocycles.